The molecule has 1 aromatic heterocycles. The molecule has 0 bridgehead atoms. The molecule has 1 aliphatic heterocycles. The Balaban J connectivity index is 1.52. The third kappa shape index (κ3) is 5.67. The summed E-state index contributed by atoms with van der Waals surface area (Å²) in [6.45, 7) is 0.967. The maximum Gasteiger partial charge on any atom is 0.433 e. The highest BCUT2D eigenvalue weighted by molar-refractivity contribution is 6.30. The van der Waals surface area contributed by atoms with Gasteiger partial charge in [-0.1, -0.05) is 23.7 Å². The molecule has 198 valence electrons. The van der Waals surface area contributed by atoms with Gasteiger partial charge in [-0.3, -0.25) is 15.2 Å². The van der Waals surface area contributed by atoms with Crippen LogP contribution in [-0.4, -0.2) is 28.2 Å². The minimum atomic E-state index is -4.68. The summed E-state index contributed by atoms with van der Waals surface area (Å²) in [5.74, 6) is -0.401. The number of nitrogens with one attached hydrogen (secondary N) is 2. The molecule has 3 aromatic rings. The molecule has 1 atom stereocenters. The number of halogens is 5. The van der Waals surface area contributed by atoms with Crippen molar-refractivity contribution < 1.29 is 22.4 Å². The van der Waals surface area contributed by atoms with Crippen LogP contribution in [0.15, 0.2) is 54.7 Å². The van der Waals surface area contributed by atoms with Crippen molar-refractivity contribution in [3.8, 4) is 11.1 Å². The van der Waals surface area contributed by atoms with Gasteiger partial charge >= 0.3 is 6.18 Å². The summed E-state index contributed by atoms with van der Waals surface area (Å²) >= 11 is 5.98. The lowest BCUT2D eigenvalue weighted by Gasteiger charge is -2.22. The summed E-state index contributed by atoms with van der Waals surface area (Å²) in [6, 6.07) is 11.4. The van der Waals surface area contributed by atoms with Crippen molar-refractivity contribution in [2.75, 3.05) is 6.54 Å². The molecule has 2 fully saturated rings. The van der Waals surface area contributed by atoms with Crippen molar-refractivity contribution in [1.82, 2.24) is 15.2 Å². The molecule has 2 aliphatic rings. The van der Waals surface area contributed by atoms with Gasteiger partial charge in [-0.25, -0.2) is 4.39 Å². The van der Waals surface area contributed by atoms with E-state index < -0.39 is 29.6 Å². The Kier molecular flexibility index (Phi) is 7.13. The smallest absolute Gasteiger partial charge is 0.356 e. The monoisotopic (exact) mass is 544 g/mol. The quantitative estimate of drug-likeness (QED) is 0.314. The van der Waals surface area contributed by atoms with E-state index in [0.717, 1.165) is 25.5 Å². The Morgan fingerprint density at radius 1 is 1.18 bits per heavy atom. The lowest BCUT2D eigenvalue weighted by molar-refractivity contribution is -0.140. The van der Waals surface area contributed by atoms with Gasteiger partial charge in [0.1, 0.15) is 5.82 Å². The second kappa shape index (κ2) is 10.4. The number of hydrogen-bond donors (Lipinski definition) is 2. The molecule has 2 N–H and O–H groups in total. The van der Waals surface area contributed by atoms with Gasteiger partial charge < -0.3 is 10.2 Å². The van der Waals surface area contributed by atoms with Crippen LogP contribution in [0.25, 0.3) is 11.1 Å². The number of benzene rings is 2. The maximum atomic E-state index is 13.8. The second-order valence-electron chi connectivity index (χ2n) is 9.75. The van der Waals surface area contributed by atoms with Crippen LogP contribution in [0.2, 0.25) is 5.02 Å². The Hall–Kier alpha value is -3.46. The number of carbonyl (C=O) groups excluding carboxylic acids is 1. The van der Waals surface area contributed by atoms with Crippen LogP contribution in [-0.2, 0) is 12.7 Å². The number of likely N-dealkylation sites (tertiary alicyclic amines) is 1. The molecule has 0 spiro atoms. The van der Waals surface area contributed by atoms with E-state index in [-0.39, 0.29) is 27.6 Å². The molecule has 0 unspecified atom stereocenters. The molecule has 5 rings (SSSR count). The molecule has 2 heterocycles. The highest BCUT2D eigenvalue weighted by Gasteiger charge is 2.36. The number of amides is 1. The first kappa shape index (κ1) is 26.2. The van der Waals surface area contributed by atoms with Crippen LogP contribution >= 0.6 is 11.6 Å². The molecular formula is C28H25ClF4N4O. The standard InChI is InChI=1S/C28H25ClF4N4O/c29-22-14-18(7-8-23(22)30)25(17-5-6-17)36-27(38)20-12-16(15-37-10-2-4-24(37)34)11-19(13-20)21-3-1-9-35-26(21)28(31,32)33/h1,3,7-9,11-14,17,25,34H,2,4-6,10,15H2,(H,36,38)/t25-/m0/s1. The zero-order valence-electron chi connectivity index (χ0n) is 20.3. The van der Waals surface area contributed by atoms with E-state index in [0.29, 0.717) is 36.5 Å². The predicted octanol–water partition coefficient (Wildman–Crippen LogP) is 7.01. The first-order chi connectivity index (χ1) is 18.1. The number of carbonyl (C=O) groups is 1. The molecule has 38 heavy (non-hydrogen) atoms. The fourth-order valence-corrected chi connectivity index (χ4v) is 5.08. The zero-order valence-corrected chi connectivity index (χ0v) is 21.0. The van der Waals surface area contributed by atoms with Gasteiger partial charge in [-0.05, 0) is 78.3 Å². The molecule has 0 radical (unpaired) electrons. The Morgan fingerprint density at radius 2 is 1.97 bits per heavy atom. The highest BCUT2D eigenvalue weighted by atomic mass is 35.5. The van der Waals surface area contributed by atoms with Crippen molar-refractivity contribution in [2.24, 2.45) is 5.92 Å². The molecule has 1 amide bonds. The van der Waals surface area contributed by atoms with Crippen LogP contribution in [0.1, 0.15) is 58.9 Å². The number of amidine groups is 1. The summed E-state index contributed by atoms with van der Waals surface area (Å²) in [5.41, 5.74) is 0.529. The van der Waals surface area contributed by atoms with Crippen LogP contribution < -0.4 is 5.32 Å². The Morgan fingerprint density at radius 3 is 2.63 bits per heavy atom. The summed E-state index contributed by atoms with van der Waals surface area (Å²) < 4.78 is 55.1. The van der Waals surface area contributed by atoms with E-state index in [1.54, 1.807) is 18.2 Å². The molecule has 10 heteroatoms. The van der Waals surface area contributed by atoms with Gasteiger partial charge in [-0.15, -0.1) is 0 Å². The van der Waals surface area contributed by atoms with Gasteiger partial charge in [-0.2, -0.15) is 13.2 Å². The predicted molar refractivity (Wildman–Crippen MR) is 136 cm³/mol. The van der Waals surface area contributed by atoms with E-state index >= 15 is 0 Å². The number of pyridine rings is 1. The first-order valence-corrected chi connectivity index (χ1v) is 12.7. The van der Waals surface area contributed by atoms with Crippen LogP contribution in [0.4, 0.5) is 17.6 Å². The number of aromatic nitrogens is 1. The molecule has 2 aromatic carbocycles. The van der Waals surface area contributed by atoms with E-state index in [4.69, 9.17) is 17.0 Å². The molecule has 1 saturated heterocycles. The third-order valence-corrected chi connectivity index (χ3v) is 7.21. The fraction of sp³-hybridized carbons (Fsp3) is 0.321. The number of hydrogen-bond acceptors (Lipinski definition) is 3. The fourth-order valence-electron chi connectivity index (χ4n) is 4.89. The number of nitrogens with zero attached hydrogens (tertiary/aromatic N) is 2. The minimum absolute atomic E-state index is 0.0454. The van der Waals surface area contributed by atoms with Crippen LogP contribution in [0, 0.1) is 17.1 Å². The van der Waals surface area contributed by atoms with Crippen LogP contribution in [0.3, 0.4) is 0 Å². The van der Waals surface area contributed by atoms with E-state index in [1.165, 1.54) is 30.3 Å². The molecule has 1 saturated carbocycles. The molecular weight excluding hydrogens is 520 g/mol. The van der Waals surface area contributed by atoms with E-state index in [1.807, 2.05) is 4.90 Å². The topological polar surface area (TPSA) is 69.1 Å². The van der Waals surface area contributed by atoms with E-state index in [9.17, 15) is 22.4 Å². The van der Waals surface area contributed by atoms with Gasteiger partial charge in [0.25, 0.3) is 5.91 Å². The second-order valence-corrected chi connectivity index (χ2v) is 10.2. The highest BCUT2D eigenvalue weighted by Crippen LogP contribution is 2.42. The van der Waals surface area contributed by atoms with Crippen molar-refractivity contribution in [1.29, 1.82) is 5.41 Å². The number of rotatable bonds is 7. The minimum Gasteiger partial charge on any atom is -0.356 e. The SMILES string of the molecule is N=C1CCCN1Cc1cc(C(=O)N[C@H](c2ccc(F)c(Cl)c2)C2CC2)cc(-c2cccnc2C(F)(F)F)c1. The van der Waals surface area contributed by atoms with E-state index in [2.05, 4.69) is 10.3 Å². The molecule has 5 nitrogen and oxygen atoms in total. The van der Waals surface area contributed by atoms with Gasteiger partial charge in [0.2, 0.25) is 0 Å². The normalized spacial score (nSPS) is 16.6. The summed E-state index contributed by atoms with van der Waals surface area (Å²) in [7, 11) is 0. The Labute approximate surface area is 222 Å². The zero-order chi connectivity index (χ0) is 27.0. The third-order valence-electron chi connectivity index (χ3n) is 6.92. The van der Waals surface area contributed by atoms with Crippen molar-refractivity contribution in [3.63, 3.8) is 0 Å². The average molecular weight is 545 g/mol. The maximum absolute atomic E-state index is 13.8. The summed E-state index contributed by atoms with van der Waals surface area (Å²) in [6.07, 6.45) is -0.360. The van der Waals surface area contributed by atoms with Gasteiger partial charge in [0, 0.05) is 36.8 Å². The average Bonchev–Trinajstić information content (AvgIpc) is 3.65. The lowest BCUT2D eigenvalue weighted by Crippen LogP contribution is -2.30. The number of alkyl halides is 3. The molecule has 1 aliphatic carbocycles. The lowest BCUT2D eigenvalue weighted by atomic mass is 9.96. The largest absolute Gasteiger partial charge is 0.433 e. The van der Waals surface area contributed by atoms with Crippen molar-refractivity contribution >= 4 is 23.3 Å². The van der Waals surface area contributed by atoms with Crippen molar-refractivity contribution in [2.45, 2.75) is 44.4 Å². The van der Waals surface area contributed by atoms with Crippen molar-refractivity contribution in [3.05, 3.63) is 88.0 Å². The van der Waals surface area contributed by atoms with Gasteiger partial charge in [0.05, 0.1) is 16.9 Å². The Bertz CT molecular complexity index is 1390. The van der Waals surface area contributed by atoms with Crippen LogP contribution in [0.5, 0.6) is 0 Å². The summed E-state index contributed by atoms with van der Waals surface area (Å²) in [5, 5.41) is 11.1. The first-order valence-electron chi connectivity index (χ1n) is 12.3. The summed E-state index contributed by atoms with van der Waals surface area (Å²) in [4.78, 5) is 18.9. The van der Waals surface area contributed by atoms with Gasteiger partial charge in [0.15, 0.2) is 5.69 Å².